The van der Waals surface area contributed by atoms with Crippen molar-refractivity contribution in [3.8, 4) is 11.6 Å². The number of hydrogen-bond acceptors (Lipinski definition) is 5. The summed E-state index contributed by atoms with van der Waals surface area (Å²) in [6.07, 6.45) is -4.68. The summed E-state index contributed by atoms with van der Waals surface area (Å²) in [5.74, 6) is -0.241. The molecule has 23 heavy (non-hydrogen) atoms. The molecule has 1 aromatic carbocycles. The molecule has 0 aliphatic rings. The maximum absolute atomic E-state index is 12.8. The molecule has 0 fully saturated rings. The first-order valence-electron chi connectivity index (χ1n) is 6.17. The Balaban J connectivity index is 2.46. The largest absolute Gasteiger partial charge is 0.475 e. The molecule has 0 bridgehead atoms. The number of nitrogens with zero attached hydrogens (tertiary/aromatic N) is 2. The van der Waals surface area contributed by atoms with Crippen LogP contribution in [0.15, 0.2) is 35.2 Å². The Morgan fingerprint density at radius 3 is 2.35 bits per heavy atom. The predicted molar refractivity (Wildman–Crippen MR) is 72.5 cm³/mol. The summed E-state index contributed by atoms with van der Waals surface area (Å²) in [5, 5.41) is 17.1. The number of alkyl halides is 3. The molecule has 2 aromatic rings. The molecule has 3 N–H and O–H groups in total. The summed E-state index contributed by atoms with van der Waals surface area (Å²) in [6.45, 7) is -0.616. The van der Waals surface area contributed by atoms with E-state index >= 15 is 0 Å². The minimum atomic E-state index is -4.68. The molecule has 0 saturated carbocycles. The Labute approximate surface area is 129 Å². The second-order valence-corrected chi connectivity index (χ2v) is 5.95. The Bertz CT molecular complexity index is 785. The summed E-state index contributed by atoms with van der Waals surface area (Å²) in [6, 6.07) is 5.42. The molecule has 0 spiro atoms. The van der Waals surface area contributed by atoms with E-state index in [4.69, 9.17) is 15.0 Å². The van der Waals surface area contributed by atoms with E-state index in [1.165, 1.54) is 12.1 Å². The molecule has 0 amide bonds. The van der Waals surface area contributed by atoms with Gasteiger partial charge in [-0.3, -0.25) is 0 Å². The van der Waals surface area contributed by atoms with Crippen LogP contribution >= 0.6 is 0 Å². The average Bonchev–Trinajstić information content (AvgIpc) is 2.88. The lowest BCUT2D eigenvalue weighted by Gasteiger charge is -2.08. The van der Waals surface area contributed by atoms with E-state index in [2.05, 4.69) is 5.10 Å². The van der Waals surface area contributed by atoms with E-state index in [0.29, 0.717) is 6.07 Å². The van der Waals surface area contributed by atoms with E-state index in [-0.39, 0.29) is 23.1 Å². The molecule has 0 radical (unpaired) electrons. The Kier molecular flexibility index (Phi) is 4.63. The molecule has 1 heterocycles. The van der Waals surface area contributed by atoms with Crippen molar-refractivity contribution in [1.29, 1.82) is 0 Å². The molecule has 0 saturated heterocycles. The molecule has 0 aliphatic heterocycles. The van der Waals surface area contributed by atoms with Gasteiger partial charge in [0.1, 0.15) is 6.61 Å². The number of benzene rings is 1. The Morgan fingerprint density at radius 2 is 1.87 bits per heavy atom. The van der Waals surface area contributed by atoms with E-state index in [9.17, 15) is 21.6 Å². The van der Waals surface area contributed by atoms with Crippen LogP contribution in [0, 0.1) is 0 Å². The summed E-state index contributed by atoms with van der Waals surface area (Å²) in [4.78, 5) is -0.192. The van der Waals surface area contributed by atoms with Crippen LogP contribution in [-0.2, 0) is 16.2 Å². The van der Waals surface area contributed by atoms with Crippen molar-refractivity contribution < 1.29 is 31.4 Å². The van der Waals surface area contributed by atoms with Crippen molar-refractivity contribution in [1.82, 2.24) is 9.78 Å². The van der Waals surface area contributed by atoms with Gasteiger partial charge in [-0.05, 0) is 24.3 Å². The van der Waals surface area contributed by atoms with Gasteiger partial charge in [-0.15, -0.1) is 0 Å². The molecule has 11 heteroatoms. The number of rotatable bonds is 5. The third kappa shape index (κ3) is 4.00. The van der Waals surface area contributed by atoms with Gasteiger partial charge in [0.2, 0.25) is 15.9 Å². The molecule has 0 atom stereocenters. The monoisotopic (exact) mass is 351 g/mol. The lowest BCUT2D eigenvalue weighted by Crippen LogP contribution is -2.12. The second-order valence-electron chi connectivity index (χ2n) is 4.39. The highest BCUT2D eigenvalue weighted by atomic mass is 32.2. The highest BCUT2D eigenvalue weighted by Crippen LogP contribution is 2.32. The number of aliphatic hydroxyl groups is 1. The van der Waals surface area contributed by atoms with Crippen LogP contribution in [0.2, 0.25) is 0 Å². The maximum atomic E-state index is 12.8. The molecule has 126 valence electrons. The summed E-state index contributed by atoms with van der Waals surface area (Å²) >= 11 is 0. The average molecular weight is 351 g/mol. The van der Waals surface area contributed by atoms with Crippen LogP contribution in [0.1, 0.15) is 5.69 Å². The van der Waals surface area contributed by atoms with E-state index in [0.717, 1.165) is 16.8 Å². The maximum Gasteiger partial charge on any atom is 0.435 e. The van der Waals surface area contributed by atoms with Gasteiger partial charge in [-0.1, -0.05) is 0 Å². The van der Waals surface area contributed by atoms with Crippen molar-refractivity contribution in [2.45, 2.75) is 11.1 Å². The number of aromatic nitrogens is 2. The van der Waals surface area contributed by atoms with E-state index < -0.39 is 28.5 Å². The number of primary sulfonamides is 1. The number of hydrogen-bond donors (Lipinski definition) is 2. The van der Waals surface area contributed by atoms with Crippen LogP contribution in [0.3, 0.4) is 0 Å². The molecule has 1 aromatic heterocycles. The van der Waals surface area contributed by atoms with Crippen LogP contribution in [-0.4, -0.2) is 36.5 Å². The molecular weight excluding hydrogens is 339 g/mol. The zero-order chi connectivity index (χ0) is 17.3. The van der Waals surface area contributed by atoms with Gasteiger partial charge in [0, 0.05) is 6.07 Å². The predicted octanol–water partition coefficient (Wildman–Crippen LogP) is 0.910. The summed E-state index contributed by atoms with van der Waals surface area (Å²) in [7, 11) is -3.92. The van der Waals surface area contributed by atoms with Crippen molar-refractivity contribution in [3.63, 3.8) is 0 Å². The topological polar surface area (TPSA) is 107 Å². The zero-order valence-corrected chi connectivity index (χ0v) is 12.3. The lowest BCUT2D eigenvalue weighted by molar-refractivity contribution is -0.141. The standard InChI is InChI=1S/C12H12F3N3O4S/c13-12(14,15)10-7-11(22-6-5-19)18(17-10)8-1-3-9(4-2-8)23(16,20)21/h1-4,7,19H,5-6H2,(H2,16,20,21). The molecule has 0 unspecified atom stereocenters. The van der Waals surface area contributed by atoms with Crippen molar-refractivity contribution in [3.05, 3.63) is 36.0 Å². The third-order valence-corrected chi connectivity index (χ3v) is 3.65. The highest BCUT2D eigenvalue weighted by Gasteiger charge is 2.35. The van der Waals surface area contributed by atoms with E-state index in [1.807, 2.05) is 0 Å². The third-order valence-electron chi connectivity index (χ3n) is 2.72. The van der Waals surface area contributed by atoms with Crippen molar-refractivity contribution >= 4 is 10.0 Å². The number of nitrogens with two attached hydrogens (primary N) is 1. The number of sulfonamides is 1. The van der Waals surface area contributed by atoms with Crippen LogP contribution in [0.25, 0.3) is 5.69 Å². The fourth-order valence-electron chi connectivity index (χ4n) is 1.72. The van der Waals surface area contributed by atoms with Crippen molar-refractivity contribution in [2.24, 2.45) is 5.14 Å². The Morgan fingerprint density at radius 1 is 1.26 bits per heavy atom. The fraction of sp³-hybridized carbons (Fsp3) is 0.250. The molecule has 2 rings (SSSR count). The Hall–Kier alpha value is -2.11. The van der Waals surface area contributed by atoms with Gasteiger partial charge in [0.05, 0.1) is 17.2 Å². The molecular formula is C12H12F3N3O4S. The highest BCUT2D eigenvalue weighted by molar-refractivity contribution is 7.89. The lowest BCUT2D eigenvalue weighted by atomic mass is 10.3. The normalized spacial score (nSPS) is 12.4. The SMILES string of the molecule is NS(=O)(=O)c1ccc(-n2nc(C(F)(F)F)cc2OCCO)cc1. The summed E-state index contributed by atoms with van der Waals surface area (Å²) < 4.78 is 66.5. The van der Waals surface area contributed by atoms with Gasteiger partial charge in [0.15, 0.2) is 5.69 Å². The smallest absolute Gasteiger partial charge is 0.435 e. The quantitative estimate of drug-likeness (QED) is 0.833. The molecule has 0 aliphatic carbocycles. The number of aliphatic hydroxyl groups excluding tert-OH is 1. The fourth-order valence-corrected chi connectivity index (χ4v) is 2.23. The minimum absolute atomic E-state index is 0.140. The minimum Gasteiger partial charge on any atom is -0.475 e. The number of ether oxygens (including phenoxy) is 1. The van der Waals surface area contributed by atoms with Crippen molar-refractivity contribution in [2.75, 3.05) is 13.2 Å². The van der Waals surface area contributed by atoms with Crippen LogP contribution in [0.4, 0.5) is 13.2 Å². The van der Waals surface area contributed by atoms with Gasteiger partial charge >= 0.3 is 6.18 Å². The first kappa shape index (κ1) is 17.2. The van der Waals surface area contributed by atoms with E-state index in [1.54, 1.807) is 0 Å². The van der Waals surface area contributed by atoms with Gasteiger partial charge in [0.25, 0.3) is 0 Å². The molecule has 7 nitrogen and oxygen atoms in total. The first-order chi connectivity index (χ1) is 10.6. The van der Waals surface area contributed by atoms with Crippen LogP contribution < -0.4 is 9.88 Å². The van der Waals surface area contributed by atoms with Gasteiger partial charge in [-0.25, -0.2) is 18.2 Å². The van der Waals surface area contributed by atoms with Crippen LogP contribution in [0.5, 0.6) is 5.88 Å². The first-order valence-corrected chi connectivity index (χ1v) is 7.71. The van der Waals surface area contributed by atoms with Gasteiger partial charge < -0.3 is 9.84 Å². The van der Waals surface area contributed by atoms with Gasteiger partial charge in [-0.2, -0.15) is 18.3 Å². The number of halogens is 3. The second kappa shape index (κ2) is 6.18. The zero-order valence-electron chi connectivity index (χ0n) is 11.5. The summed E-state index contributed by atoms with van der Waals surface area (Å²) in [5.41, 5.74) is -1.04.